The molecule has 4 rings (SSSR count). The Morgan fingerprint density at radius 1 is 1.20 bits per heavy atom. The number of hydrogen-bond donors (Lipinski definition) is 0. The van der Waals surface area contributed by atoms with Crippen LogP contribution in [0.15, 0.2) is 53.8 Å². The van der Waals surface area contributed by atoms with Crippen molar-refractivity contribution in [3.05, 3.63) is 82.3 Å². The van der Waals surface area contributed by atoms with Crippen molar-refractivity contribution in [3.63, 3.8) is 0 Å². The molecule has 156 valence electrons. The van der Waals surface area contributed by atoms with Crippen LogP contribution in [0.5, 0.6) is 0 Å². The van der Waals surface area contributed by atoms with Gasteiger partial charge in [-0.2, -0.15) is 13.2 Å². The summed E-state index contributed by atoms with van der Waals surface area (Å²) in [5.74, 6) is -0.0724. The summed E-state index contributed by atoms with van der Waals surface area (Å²) in [6.07, 6.45) is -0.312. The van der Waals surface area contributed by atoms with Crippen LogP contribution in [0.2, 0.25) is 0 Å². The maximum absolute atomic E-state index is 14.6. The molecule has 0 aliphatic rings. The summed E-state index contributed by atoms with van der Waals surface area (Å²) in [6, 6.07) is 6.29. The Morgan fingerprint density at radius 3 is 2.63 bits per heavy atom. The van der Waals surface area contributed by atoms with Crippen LogP contribution in [0.25, 0.3) is 11.2 Å². The zero-order valence-electron chi connectivity index (χ0n) is 16.1. The van der Waals surface area contributed by atoms with E-state index in [1.807, 2.05) is 14.0 Å². The Hall–Kier alpha value is -3.43. The third-order valence-corrected chi connectivity index (χ3v) is 5.10. The fourth-order valence-corrected chi connectivity index (χ4v) is 3.43. The molecular formula is C20H17F4N5O. The number of aromatic nitrogens is 5. The molecule has 1 unspecified atom stereocenters. The fraction of sp³-hybridized carbons (Fsp3) is 0.250. The second kappa shape index (κ2) is 7.12. The van der Waals surface area contributed by atoms with Crippen LogP contribution in [0.4, 0.5) is 17.6 Å². The number of benzene rings is 1. The van der Waals surface area contributed by atoms with Crippen molar-refractivity contribution in [2.45, 2.75) is 25.4 Å². The van der Waals surface area contributed by atoms with E-state index in [0.29, 0.717) is 12.0 Å². The van der Waals surface area contributed by atoms with Gasteiger partial charge in [-0.05, 0) is 35.7 Å². The normalized spacial score (nSPS) is 13.1. The first-order valence-electron chi connectivity index (χ1n) is 9.09. The zero-order valence-corrected chi connectivity index (χ0v) is 16.1. The van der Waals surface area contributed by atoms with Crippen LogP contribution in [0.1, 0.15) is 29.8 Å². The van der Waals surface area contributed by atoms with E-state index in [1.54, 1.807) is 17.0 Å². The second-order valence-electron chi connectivity index (χ2n) is 7.13. The van der Waals surface area contributed by atoms with Crippen LogP contribution in [0.3, 0.4) is 0 Å². The van der Waals surface area contributed by atoms with Crippen molar-refractivity contribution in [2.24, 2.45) is 7.05 Å². The van der Waals surface area contributed by atoms with Crippen LogP contribution < -0.4 is 5.69 Å². The number of aryl methyl sites for hydroxylation is 1. The number of fused-ring (bicyclic) bond motifs is 1. The molecule has 6 nitrogen and oxygen atoms in total. The summed E-state index contributed by atoms with van der Waals surface area (Å²) >= 11 is 0. The predicted octanol–water partition coefficient (Wildman–Crippen LogP) is 3.72. The maximum Gasteiger partial charge on any atom is 0.418 e. The number of halogens is 4. The van der Waals surface area contributed by atoms with Gasteiger partial charge in [0.15, 0.2) is 0 Å². The molecule has 0 fully saturated rings. The SMILES string of the molecule is CC(Cc1nncn1C)c1ccc(F)c(-n2cc3c(C(F)(F)F)cccn3c2=O)c1. The van der Waals surface area contributed by atoms with E-state index in [2.05, 4.69) is 10.2 Å². The molecule has 0 saturated carbocycles. The van der Waals surface area contributed by atoms with Crippen LogP contribution >= 0.6 is 0 Å². The molecule has 30 heavy (non-hydrogen) atoms. The van der Waals surface area contributed by atoms with Crippen LogP contribution in [0, 0.1) is 5.82 Å². The first kappa shape index (κ1) is 19.9. The number of alkyl halides is 3. The van der Waals surface area contributed by atoms with Gasteiger partial charge in [-0.15, -0.1) is 10.2 Å². The molecule has 0 spiro atoms. The molecule has 3 heterocycles. The predicted molar refractivity (Wildman–Crippen MR) is 101 cm³/mol. The fourth-order valence-electron chi connectivity index (χ4n) is 3.43. The smallest absolute Gasteiger partial charge is 0.321 e. The van der Waals surface area contributed by atoms with E-state index >= 15 is 0 Å². The van der Waals surface area contributed by atoms with Gasteiger partial charge in [0.1, 0.15) is 18.0 Å². The lowest BCUT2D eigenvalue weighted by molar-refractivity contribution is -0.136. The molecule has 4 aromatic rings. The van der Waals surface area contributed by atoms with Gasteiger partial charge in [-0.25, -0.2) is 9.18 Å². The first-order valence-corrected chi connectivity index (χ1v) is 9.09. The van der Waals surface area contributed by atoms with Gasteiger partial charge in [-0.3, -0.25) is 8.97 Å². The number of rotatable bonds is 4. The van der Waals surface area contributed by atoms with Gasteiger partial charge in [-0.1, -0.05) is 13.0 Å². The van der Waals surface area contributed by atoms with Gasteiger partial charge in [0.25, 0.3) is 0 Å². The Kier molecular flexibility index (Phi) is 4.71. The lowest BCUT2D eigenvalue weighted by Crippen LogP contribution is -2.20. The number of nitrogens with zero attached hydrogens (tertiary/aromatic N) is 5. The largest absolute Gasteiger partial charge is 0.418 e. The highest BCUT2D eigenvalue weighted by Gasteiger charge is 2.33. The molecule has 0 saturated heterocycles. The van der Waals surface area contributed by atoms with Crippen molar-refractivity contribution >= 4 is 5.52 Å². The molecule has 0 radical (unpaired) electrons. The topological polar surface area (TPSA) is 57.1 Å². The molecule has 1 atom stereocenters. The van der Waals surface area contributed by atoms with Crippen molar-refractivity contribution in [1.82, 2.24) is 23.7 Å². The Bertz CT molecular complexity index is 1280. The third-order valence-electron chi connectivity index (χ3n) is 5.10. The number of hydrogen-bond acceptors (Lipinski definition) is 3. The molecule has 1 aromatic carbocycles. The molecule has 3 aromatic heterocycles. The Morgan fingerprint density at radius 2 is 1.97 bits per heavy atom. The third kappa shape index (κ3) is 3.38. The van der Waals surface area contributed by atoms with Crippen molar-refractivity contribution in [3.8, 4) is 5.69 Å². The Labute approximate surface area is 168 Å². The molecule has 0 aliphatic heterocycles. The molecular weight excluding hydrogens is 402 g/mol. The molecule has 10 heteroatoms. The van der Waals surface area contributed by atoms with Gasteiger partial charge < -0.3 is 4.57 Å². The quantitative estimate of drug-likeness (QED) is 0.474. The highest BCUT2D eigenvalue weighted by Crippen LogP contribution is 2.32. The maximum atomic E-state index is 14.6. The monoisotopic (exact) mass is 419 g/mol. The summed E-state index contributed by atoms with van der Waals surface area (Å²) in [7, 11) is 1.81. The Balaban J connectivity index is 1.80. The summed E-state index contributed by atoms with van der Waals surface area (Å²) in [5.41, 5.74) is -1.49. The molecule has 0 bridgehead atoms. The van der Waals surface area contributed by atoms with Gasteiger partial charge in [0.2, 0.25) is 0 Å². The average Bonchev–Trinajstić information content (AvgIpc) is 3.24. The summed E-state index contributed by atoms with van der Waals surface area (Å²) in [6.45, 7) is 1.91. The van der Waals surface area contributed by atoms with Crippen molar-refractivity contribution in [1.29, 1.82) is 0 Å². The van der Waals surface area contributed by atoms with E-state index < -0.39 is 23.2 Å². The van der Waals surface area contributed by atoms with E-state index in [1.165, 1.54) is 18.3 Å². The van der Waals surface area contributed by atoms with Crippen LogP contribution in [-0.4, -0.2) is 23.7 Å². The second-order valence-corrected chi connectivity index (χ2v) is 7.13. The van der Waals surface area contributed by atoms with E-state index in [9.17, 15) is 22.4 Å². The number of pyridine rings is 1. The molecule has 0 N–H and O–H groups in total. The lowest BCUT2D eigenvalue weighted by Gasteiger charge is -2.13. The van der Waals surface area contributed by atoms with E-state index in [-0.39, 0.29) is 17.1 Å². The minimum absolute atomic E-state index is 0.0919. The van der Waals surface area contributed by atoms with Gasteiger partial charge in [0.05, 0.1) is 16.8 Å². The lowest BCUT2D eigenvalue weighted by atomic mass is 9.97. The number of imidazole rings is 1. The van der Waals surface area contributed by atoms with Crippen LogP contribution in [-0.2, 0) is 19.6 Å². The highest BCUT2D eigenvalue weighted by atomic mass is 19.4. The zero-order chi connectivity index (χ0) is 21.6. The summed E-state index contributed by atoms with van der Waals surface area (Å²) in [5, 5.41) is 7.85. The average molecular weight is 419 g/mol. The highest BCUT2D eigenvalue weighted by molar-refractivity contribution is 5.57. The van der Waals surface area contributed by atoms with E-state index in [4.69, 9.17) is 0 Å². The summed E-state index contributed by atoms with van der Waals surface area (Å²) < 4.78 is 58.0. The van der Waals surface area contributed by atoms with Crippen molar-refractivity contribution < 1.29 is 17.6 Å². The standard InChI is InChI=1S/C20H17F4N5O/c1-12(8-18-26-25-11-27(18)2)13-5-6-15(21)16(9-13)29-10-17-14(20(22,23)24)4-3-7-28(17)19(29)30/h3-7,9-12H,8H2,1-2H3. The van der Waals surface area contributed by atoms with E-state index in [0.717, 1.165) is 33.1 Å². The van der Waals surface area contributed by atoms with Gasteiger partial charge in [0, 0.05) is 25.9 Å². The minimum atomic E-state index is -4.64. The summed E-state index contributed by atoms with van der Waals surface area (Å²) in [4.78, 5) is 12.7. The van der Waals surface area contributed by atoms with Gasteiger partial charge >= 0.3 is 11.9 Å². The molecule has 0 amide bonds. The van der Waals surface area contributed by atoms with Crippen molar-refractivity contribution in [2.75, 3.05) is 0 Å². The first-order chi connectivity index (χ1) is 14.2. The molecule has 0 aliphatic carbocycles. The minimum Gasteiger partial charge on any atom is -0.321 e.